The molecule has 1 aliphatic rings. The molecule has 1 heterocycles. The topological polar surface area (TPSA) is 21.3 Å². The standard InChI is InChI=1S/C3H3ClNO/c4-3-1-5-2-6-3/h5H,2H2. The molecule has 1 rings (SSSR count). The lowest BCUT2D eigenvalue weighted by Crippen LogP contribution is -1.99. The van der Waals surface area contributed by atoms with Crippen LogP contribution in [0.2, 0.25) is 0 Å². The lowest BCUT2D eigenvalue weighted by molar-refractivity contribution is 0.255. The van der Waals surface area contributed by atoms with Gasteiger partial charge in [0, 0.05) is 0 Å². The van der Waals surface area contributed by atoms with Crippen molar-refractivity contribution >= 4 is 11.6 Å². The van der Waals surface area contributed by atoms with Gasteiger partial charge >= 0.3 is 0 Å². The molecule has 0 aliphatic carbocycles. The minimum atomic E-state index is 0.315. The predicted molar refractivity (Wildman–Crippen MR) is 21.7 cm³/mol. The first-order valence-corrected chi connectivity index (χ1v) is 1.91. The summed E-state index contributed by atoms with van der Waals surface area (Å²) in [7, 11) is 0. The summed E-state index contributed by atoms with van der Waals surface area (Å²) in [5.74, 6) is 0. The van der Waals surface area contributed by atoms with Crippen molar-refractivity contribution < 1.29 is 4.74 Å². The van der Waals surface area contributed by atoms with E-state index in [0.29, 0.717) is 11.9 Å². The van der Waals surface area contributed by atoms with E-state index in [9.17, 15) is 0 Å². The fraction of sp³-hybridized carbons (Fsp3) is 0.333. The third-order valence-electron chi connectivity index (χ3n) is 0.458. The largest absolute Gasteiger partial charge is 0.460 e. The van der Waals surface area contributed by atoms with E-state index in [1.54, 1.807) is 0 Å². The molecular weight excluding hydrogens is 101 g/mol. The molecule has 0 spiro atoms. The molecule has 6 heavy (non-hydrogen) atoms. The van der Waals surface area contributed by atoms with Gasteiger partial charge in [-0.15, -0.1) is 0 Å². The summed E-state index contributed by atoms with van der Waals surface area (Å²) in [5, 5.41) is 2.95. The minimum absolute atomic E-state index is 0.315. The smallest absolute Gasteiger partial charge is 0.214 e. The molecule has 1 aliphatic heterocycles. The molecule has 0 unspecified atom stereocenters. The van der Waals surface area contributed by atoms with Gasteiger partial charge in [-0.2, -0.15) is 0 Å². The number of hydrogen-bond acceptors (Lipinski definition) is 2. The first-order chi connectivity index (χ1) is 2.89. The van der Waals surface area contributed by atoms with Crippen molar-refractivity contribution in [3.05, 3.63) is 11.4 Å². The maximum Gasteiger partial charge on any atom is 0.214 e. The Hall–Kier alpha value is -0.370. The van der Waals surface area contributed by atoms with Gasteiger partial charge in [-0.05, 0) is 11.6 Å². The number of ether oxygens (including phenoxy) is 1. The Morgan fingerprint density at radius 1 is 2.00 bits per heavy atom. The zero-order valence-corrected chi connectivity index (χ0v) is 3.75. The third-order valence-corrected chi connectivity index (χ3v) is 0.661. The second-order valence-electron chi connectivity index (χ2n) is 0.864. The second-order valence-corrected chi connectivity index (χ2v) is 1.21. The number of halogens is 1. The normalized spacial score (nSPS) is 18.5. The zero-order chi connectivity index (χ0) is 4.41. The van der Waals surface area contributed by atoms with Gasteiger partial charge in [0.25, 0.3) is 0 Å². The Morgan fingerprint density at radius 2 is 2.83 bits per heavy atom. The van der Waals surface area contributed by atoms with E-state index in [1.165, 1.54) is 0 Å². The molecule has 0 atom stereocenters. The summed E-state index contributed by atoms with van der Waals surface area (Å²) in [5.41, 5.74) is 0. The molecule has 0 bridgehead atoms. The maximum atomic E-state index is 5.23. The van der Waals surface area contributed by atoms with Crippen molar-refractivity contribution in [2.24, 2.45) is 0 Å². The maximum absolute atomic E-state index is 5.23. The fourth-order valence-electron chi connectivity index (χ4n) is 0.241. The van der Waals surface area contributed by atoms with Gasteiger partial charge in [-0.25, -0.2) is 0 Å². The number of rotatable bonds is 0. The average molecular weight is 105 g/mol. The average Bonchev–Trinajstić information content (AvgIpc) is 1.86. The molecule has 0 saturated heterocycles. The second kappa shape index (κ2) is 1.39. The van der Waals surface area contributed by atoms with Crippen LogP contribution in [-0.4, -0.2) is 6.73 Å². The molecule has 0 aromatic carbocycles. The van der Waals surface area contributed by atoms with Gasteiger partial charge in [-0.3, -0.25) is 0 Å². The Kier molecular flexibility index (Phi) is 0.881. The first kappa shape index (κ1) is 3.81. The van der Waals surface area contributed by atoms with Crippen LogP contribution in [0.15, 0.2) is 5.22 Å². The van der Waals surface area contributed by atoms with Crippen LogP contribution in [0.5, 0.6) is 0 Å². The molecular formula is C3H3ClNO. The molecule has 0 fully saturated rings. The van der Waals surface area contributed by atoms with Crippen molar-refractivity contribution in [1.82, 2.24) is 5.32 Å². The van der Waals surface area contributed by atoms with Crippen LogP contribution in [0.4, 0.5) is 0 Å². The highest BCUT2D eigenvalue weighted by Gasteiger charge is 1.97. The molecule has 0 amide bonds. The van der Waals surface area contributed by atoms with Gasteiger partial charge in [0.1, 0.15) is 6.20 Å². The first-order valence-electron chi connectivity index (χ1n) is 1.54. The molecule has 1 radical (unpaired) electrons. The van der Waals surface area contributed by atoms with Crippen molar-refractivity contribution in [2.45, 2.75) is 0 Å². The highest BCUT2D eigenvalue weighted by Crippen LogP contribution is 2.02. The van der Waals surface area contributed by atoms with E-state index >= 15 is 0 Å². The van der Waals surface area contributed by atoms with Crippen molar-refractivity contribution in [3.63, 3.8) is 0 Å². The summed E-state index contributed by atoms with van der Waals surface area (Å²) >= 11 is 5.23. The minimum Gasteiger partial charge on any atom is -0.460 e. The van der Waals surface area contributed by atoms with Crippen LogP contribution >= 0.6 is 11.6 Å². The van der Waals surface area contributed by atoms with Crippen LogP contribution in [0, 0.1) is 6.20 Å². The van der Waals surface area contributed by atoms with Crippen LogP contribution in [0.3, 0.4) is 0 Å². The number of nitrogens with one attached hydrogen (secondary N) is 1. The third kappa shape index (κ3) is 0.571. The predicted octanol–water partition coefficient (Wildman–Crippen LogP) is 0.405. The zero-order valence-electron chi connectivity index (χ0n) is 2.99. The van der Waals surface area contributed by atoms with Gasteiger partial charge in [0.15, 0.2) is 6.73 Å². The van der Waals surface area contributed by atoms with E-state index in [4.69, 9.17) is 11.6 Å². The molecule has 0 aromatic heterocycles. The summed E-state index contributed by atoms with van der Waals surface area (Å²) in [4.78, 5) is 0. The van der Waals surface area contributed by atoms with Gasteiger partial charge in [0.05, 0.1) is 0 Å². The molecule has 33 valence electrons. The quantitative estimate of drug-likeness (QED) is 0.481. The van der Waals surface area contributed by atoms with Crippen LogP contribution < -0.4 is 5.32 Å². The van der Waals surface area contributed by atoms with Gasteiger partial charge in [-0.1, -0.05) is 0 Å². The van der Waals surface area contributed by atoms with Crippen LogP contribution in [-0.2, 0) is 4.74 Å². The van der Waals surface area contributed by atoms with E-state index in [0.717, 1.165) is 0 Å². The Bertz CT molecular complexity index is 80.9. The monoisotopic (exact) mass is 104 g/mol. The Balaban J connectivity index is 2.45. The molecule has 2 nitrogen and oxygen atoms in total. The molecule has 0 aromatic rings. The summed E-state index contributed by atoms with van der Waals surface area (Å²) < 4.78 is 4.61. The van der Waals surface area contributed by atoms with Crippen LogP contribution in [0.1, 0.15) is 0 Å². The van der Waals surface area contributed by atoms with E-state index < -0.39 is 0 Å². The van der Waals surface area contributed by atoms with Crippen molar-refractivity contribution in [1.29, 1.82) is 0 Å². The van der Waals surface area contributed by atoms with Crippen molar-refractivity contribution in [3.8, 4) is 0 Å². The summed E-state index contributed by atoms with van der Waals surface area (Å²) in [6.07, 6.45) is 2.53. The highest BCUT2D eigenvalue weighted by molar-refractivity contribution is 6.28. The summed E-state index contributed by atoms with van der Waals surface area (Å²) in [6.45, 7) is 0.457. The van der Waals surface area contributed by atoms with E-state index in [1.807, 2.05) is 0 Å². The lowest BCUT2D eigenvalue weighted by Gasteiger charge is -1.86. The molecule has 1 N–H and O–H groups in total. The van der Waals surface area contributed by atoms with E-state index in [2.05, 4.69) is 16.3 Å². The highest BCUT2D eigenvalue weighted by atomic mass is 35.5. The molecule has 0 saturated carbocycles. The van der Waals surface area contributed by atoms with Gasteiger partial charge < -0.3 is 10.1 Å². The summed E-state index contributed by atoms with van der Waals surface area (Å²) in [6, 6.07) is 0. The Morgan fingerprint density at radius 3 is 3.00 bits per heavy atom. The molecule has 3 heteroatoms. The SMILES string of the molecule is ClC1=[C]NCO1. The fourth-order valence-corrected chi connectivity index (χ4v) is 0.362. The van der Waals surface area contributed by atoms with Crippen molar-refractivity contribution in [2.75, 3.05) is 6.73 Å². The van der Waals surface area contributed by atoms with Gasteiger partial charge in [0.2, 0.25) is 5.22 Å². The van der Waals surface area contributed by atoms with Crippen LogP contribution in [0.25, 0.3) is 0 Å². The Labute approximate surface area is 40.7 Å². The number of hydrogen-bond donors (Lipinski definition) is 1. The van der Waals surface area contributed by atoms with E-state index in [-0.39, 0.29) is 0 Å². The lowest BCUT2D eigenvalue weighted by atomic mass is 11.0.